The number of allylic oxidation sites excluding steroid dienone is 14. The van der Waals surface area contributed by atoms with Crippen LogP contribution in [-0.4, -0.2) is 37.9 Å². The first kappa shape index (κ1) is 63.1. The van der Waals surface area contributed by atoms with E-state index in [1.165, 1.54) is 161 Å². The van der Waals surface area contributed by atoms with Gasteiger partial charge in [0.15, 0.2) is 6.10 Å². The second-order valence-corrected chi connectivity index (χ2v) is 18.5. The molecule has 0 aromatic heterocycles. The maximum atomic E-state index is 12.8. The van der Waals surface area contributed by atoms with Crippen molar-refractivity contribution in [2.24, 2.45) is 0 Å². The van der Waals surface area contributed by atoms with Gasteiger partial charge in [-0.05, 0) is 89.9 Å². The van der Waals surface area contributed by atoms with Crippen molar-refractivity contribution in [2.45, 2.75) is 271 Å². The molecule has 5 nitrogen and oxygen atoms in total. The summed E-state index contributed by atoms with van der Waals surface area (Å²) in [5.74, 6) is -0.517. The van der Waals surface area contributed by atoms with Crippen LogP contribution in [0.4, 0.5) is 0 Å². The molecule has 380 valence electrons. The summed E-state index contributed by atoms with van der Waals surface area (Å²) in [4.78, 5) is 25.4. The molecule has 0 radical (unpaired) electrons. The summed E-state index contributed by atoms with van der Waals surface area (Å²) in [5.41, 5.74) is 0. The number of ether oxygens (including phenoxy) is 3. The predicted molar refractivity (Wildman–Crippen MR) is 288 cm³/mol. The fourth-order valence-corrected chi connectivity index (χ4v) is 7.70. The molecule has 0 aliphatic carbocycles. The first-order valence-electron chi connectivity index (χ1n) is 28.1. The van der Waals surface area contributed by atoms with Gasteiger partial charge in [-0.25, -0.2) is 0 Å². The van der Waals surface area contributed by atoms with Gasteiger partial charge in [0.2, 0.25) is 0 Å². The molecule has 0 amide bonds. The van der Waals surface area contributed by atoms with E-state index in [0.717, 1.165) is 70.6 Å². The average molecular weight is 920 g/mol. The minimum atomic E-state index is -0.587. The highest BCUT2D eigenvalue weighted by Gasteiger charge is 2.17. The minimum Gasteiger partial charge on any atom is -0.462 e. The predicted octanol–water partition coefficient (Wildman–Crippen LogP) is 19.2. The molecule has 66 heavy (non-hydrogen) atoms. The smallest absolute Gasteiger partial charge is 0.306 e. The van der Waals surface area contributed by atoms with Crippen LogP contribution < -0.4 is 0 Å². The molecular weight excluding hydrogens is 813 g/mol. The van der Waals surface area contributed by atoms with E-state index in [-0.39, 0.29) is 25.2 Å². The quantitative estimate of drug-likeness (QED) is 0.0346. The summed E-state index contributed by atoms with van der Waals surface area (Å²) in [6, 6.07) is 0. The molecule has 0 rings (SSSR count). The fraction of sp³-hybridized carbons (Fsp3) is 0.738. The molecule has 0 N–H and O–H groups in total. The third-order valence-electron chi connectivity index (χ3n) is 11.9. The molecule has 0 unspecified atom stereocenters. The van der Waals surface area contributed by atoms with Crippen LogP contribution in [0.15, 0.2) is 85.1 Å². The monoisotopic (exact) mass is 919 g/mol. The van der Waals surface area contributed by atoms with E-state index < -0.39 is 6.10 Å². The number of carbonyl (C=O) groups is 2. The molecule has 5 heteroatoms. The van der Waals surface area contributed by atoms with Crippen LogP contribution in [0.3, 0.4) is 0 Å². The van der Waals surface area contributed by atoms with Crippen LogP contribution in [0.1, 0.15) is 265 Å². The van der Waals surface area contributed by atoms with Crippen molar-refractivity contribution in [2.75, 3.05) is 19.8 Å². The Bertz CT molecular complexity index is 1220. The van der Waals surface area contributed by atoms with Gasteiger partial charge in [0.25, 0.3) is 0 Å². The highest BCUT2D eigenvalue weighted by Crippen LogP contribution is 2.15. The number of hydrogen-bond donors (Lipinski definition) is 0. The summed E-state index contributed by atoms with van der Waals surface area (Å²) in [6.07, 6.45) is 74.7. The number of unbranched alkanes of at least 4 members (excludes halogenated alkanes) is 26. The Kier molecular flexibility index (Phi) is 53.9. The molecule has 0 saturated heterocycles. The van der Waals surface area contributed by atoms with Crippen LogP contribution in [-0.2, 0) is 23.8 Å². The highest BCUT2D eigenvalue weighted by atomic mass is 16.6. The Balaban J connectivity index is 4.43. The third-order valence-corrected chi connectivity index (χ3v) is 11.9. The molecule has 0 bridgehead atoms. The number of rotatable bonds is 51. The van der Waals surface area contributed by atoms with Crippen molar-refractivity contribution in [3.05, 3.63) is 85.1 Å². The van der Waals surface area contributed by atoms with Crippen LogP contribution in [0.5, 0.6) is 0 Å². The number of esters is 2. The van der Waals surface area contributed by atoms with Crippen molar-refractivity contribution in [3.63, 3.8) is 0 Å². The zero-order valence-corrected chi connectivity index (χ0v) is 43.7. The van der Waals surface area contributed by atoms with Gasteiger partial charge in [-0.1, -0.05) is 247 Å². The lowest BCUT2D eigenvalue weighted by molar-refractivity contribution is -0.162. The van der Waals surface area contributed by atoms with Crippen LogP contribution in [0.25, 0.3) is 0 Å². The van der Waals surface area contributed by atoms with Gasteiger partial charge in [-0.15, -0.1) is 0 Å². The van der Waals surface area contributed by atoms with Crippen LogP contribution in [0.2, 0.25) is 0 Å². The molecule has 0 fully saturated rings. The number of hydrogen-bond acceptors (Lipinski definition) is 5. The summed E-state index contributed by atoms with van der Waals surface area (Å²) < 4.78 is 17.4. The minimum absolute atomic E-state index is 0.0365. The first-order valence-corrected chi connectivity index (χ1v) is 28.1. The Morgan fingerprint density at radius 3 is 1.05 bits per heavy atom. The highest BCUT2D eigenvalue weighted by molar-refractivity contribution is 5.70. The van der Waals surface area contributed by atoms with Gasteiger partial charge >= 0.3 is 11.9 Å². The van der Waals surface area contributed by atoms with E-state index in [9.17, 15) is 9.59 Å². The van der Waals surface area contributed by atoms with E-state index >= 15 is 0 Å². The summed E-state index contributed by atoms with van der Waals surface area (Å²) in [5, 5.41) is 0. The van der Waals surface area contributed by atoms with E-state index in [4.69, 9.17) is 14.2 Å². The van der Waals surface area contributed by atoms with Gasteiger partial charge in [0.1, 0.15) is 6.61 Å². The van der Waals surface area contributed by atoms with Gasteiger partial charge in [0, 0.05) is 19.4 Å². The molecule has 0 aliphatic rings. The lowest BCUT2D eigenvalue weighted by Crippen LogP contribution is -2.30. The molecule has 0 aromatic carbocycles. The van der Waals surface area contributed by atoms with Crippen molar-refractivity contribution in [1.29, 1.82) is 0 Å². The lowest BCUT2D eigenvalue weighted by atomic mass is 10.0. The Morgan fingerprint density at radius 1 is 0.333 bits per heavy atom. The lowest BCUT2D eigenvalue weighted by Gasteiger charge is -2.18. The third kappa shape index (κ3) is 53.7. The summed E-state index contributed by atoms with van der Waals surface area (Å²) in [7, 11) is 0. The molecular formula is C61H106O5. The van der Waals surface area contributed by atoms with E-state index in [1.54, 1.807) is 0 Å². The zero-order valence-electron chi connectivity index (χ0n) is 43.7. The first-order chi connectivity index (χ1) is 32.6. The molecule has 0 saturated carbocycles. The van der Waals surface area contributed by atoms with Crippen molar-refractivity contribution in [3.8, 4) is 0 Å². The molecule has 1 atom stereocenters. The fourth-order valence-electron chi connectivity index (χ4n) is 7.70. The molecule has 0 heterocycles. The largest absolute Gasteiger partial charge is 0.462 e. The summed E-state index contributed by atoms with van der Waals surface area (Å²) >= 11 is 0. The van der Waals surface area contributed by atoms with Gasteiger partial charge in [-0.3, -0.25) is 9.59 Å². The topological polar surface area (TPSA) is 61.8 Å². The van der Waals surface area contributed by atoms with E-state index in [0.29, 0.717) is 19.4 Å². The summed E-state index contributed by atoms with van der Waals surface area (Å²) in [6.45, 7) is 7.71. The SMILES string of the molecule is CCCCC/C=C\C/C=C\C/C=C\C/C=C\CCCC(=O)O[C@H](COCCCCCCCCCCCCCCCCCC)COC(=O)CCC/C=C\C/C=C\C/C=C\CCCCCCCC. The zero-order chi connectivity index (χ0) is 47.7. The number of carbonyl (C=O) groups excluding carboxylic acids is 2. The Morgan fingerprint density at radius 2 is 0.636 bits per heavy atom. The maximum Gasteiger partial charge on any atom is 0.306 e. The van der Waals surface area contributed by atoms with E-state index in [1.807, 2.05) is 0 Å². The van der Waals surface area contributed by atoms with Crippen molar-refractivity contribution < 1.29 is 23.8 Å². The van der Waals surface area contributed by atoms with Crippen LogP contribution >= 0.6 is 0 Å². The van der Waals surface area contributed by atoms with Gasteiger partial charge in [0.05, 0.1) is 6.61 Å². The molecule has 0 spiro atoms. The van der Waals surface area contributed by atoms with E-state index in [2.05, 4.69) is 106 Å². The van der Waals surface area contributed by atoms with Crippen molar-refractivity contribution in [1.82, 2.24) is 0 Å². The normalized spacial score (nSPS) is 12.8. The standard InChI is InChI=1S/C61H106O5/c1-4-7-10-13-16-19-22-25-28-31-33-36-39-42-45-48-51-54-60(62)65-58-59(57-64-56-53-50-47-44-41-38-35-30-27-24-21-18-15-12-9-6-3)66-61(63)55-52-49-46-43-40-37-34-32-29-26-23-20-17-14-11-8-5-2/h17,20,25-26,28-29,33-34,36-37,42-43,45-46,59H,4-16,18-19,21-24,27,30-32,35,38-41,44,47-58H2,1-3H3/b20-17-,28-25-,29-26-,36-33-,37-34-,45-42-,46-43-/t59-/m1/s1. The Hall–Kier alpha value is -2.92. The molecule has 0 aromatic rings. The van der Waals surface area contributed by atoms with Gasteiger partial charge in [-0.2, -0.15) is 0 Å². The van der Waals surface area contributed by atoms with Crippen LogP contribution in [0, 0.1) is 0 Å². The van der Waals surface area contributed by atoms with Gasteiger partial charge < -0.3 is 14.2 Å². The average Bonchev–Trinajstić information content (AvgIpc) is 3.32. The maximum absolute atomic E-state index is 12.8. The second kappa shape index (κ2) is 56.4. The Labute approximate surface area is 409 Å². The van der Waals surface area contributed by atoms with Crippen molar-refractivity contribution >= 4 is 11.9 Å². The molecule has 0 aliphatic heterocycles. The second-order valence-electron chi connectivity index (χ2n) is 18.5.